The van der Waals surface area contributed by atoms with E-state index in [1.165, 1.54) is 10.6 Å². The normalized spacial score (nSPS) is 23.7. The van der Waals surface area contributed by atoms with Crippen LogP contribution in [0.25, 0.3) is 0 Å². The summed E-state index contributed by atoms with van der Waals surface area (Å²) < 4.78 is 0. The minimum Gasteiger partial charge on any atom is -0.338 e. The van der Waals surface area contributed by atoms with Gasteiger partial charge >= 0.3 is 0 Å². The highest BCUT2D eigenvalue weighted by atomic mass is 35.5. The van der Waals surface area contributed by atoms with E-state index in [0.717, 1.165) is 50.2 Å². The van der Waals surface area contributed by atoms with Gasteiger partial charge < -0.3 is 10.2 Å². The van der Waals surface area contributed by atoms with Gasteiger partial charge in [-0.1, -0.05) is 0 Å². The summed E-state index contributed by atoms with van der Waals surface area (Å²) in [5.74, 6) is 0.467. The van der Waals surface area contributed by atoms with E-state index in [0.29, 0.717) is 5.91 Å². The molecule has 2 heterocycles. The van der Waals surface area contributed by atoms with Crippen LogP contribution in [-0.4, -0.2) is 35.9 Å². The maximum atomic E-state index is 12.7. The van der Waals surface area contributed by atoms with Crippen LogP contribution in [0.15, 0.2) is 0 Å². The lowest BCUT2D eigenvalue weighted by atomic mass is 9.93. The highest BCUT2D eigenvalue weighted by molar-refractivity contribution is 7.11. The zero-order chi connectivity index (χ0) is 14.1. The summed E-state index contributed by atoms with van der Waals surface area (Å²) in [7, 11) is 1.98. The van der Waals surface area contributed by atoms with E-state index in [1.807, 2.05) is 11.9 Å². The van der Waals surface area contributed by atoms with Crippen molar-refractivity contribution in [2.45, 2.75) is 45.1 Å². The lowest BCUT2D eigenvalue weighted by molar-refractivity contribution is -0.137. The molecule has 4 nitrogen and oxygen atoms in total. The van der Waals surface area contributed by atoms with Gasteiger partial charge in [-0.3, -0.25) is 4.79 Å². The van der Waals surface area contributed by atoms with Crippen molar-refractivity contribution in [3.8, 4) is 0 Å². The third-order valence-corrected chi connectivity index (χ3v) is 5.60. The van der Waals surface area contributed by atoms with Crippen molar-refractivity contribution < 1.29 is 4.79 Å². The zero-order valence-electron chi connectivity index (χ0n) is 13.1. The predicted molar refractivity (Wildman–Crippen MR) is 95.4 cm³/mol. The van der Waals surface area contributed by atoms with Gasteiger partial charge in [0.2, 0.25) is 5.91 Å². The Labute approximate surface area is 148 Å². The van der Waals surface area contributed by atoms with Gasteiger partial charge in [0.15, 0.2) is 0 Å². The fourth-order valence-electron chi connectivity index (χ4n) is 3.39. The Morgan fingerprint density at radius 1 is 1.32 bits per heavy atom. The van der Waals surface area contributed by atoms with E-state index in [2.05, 4.69) is 17.2 Å². The number of carbonyl (C=O) groups is 1. The van der Waals surface area contributed by atoms with Crippen LogP contribution in [0.2, 0.25) is 0 Å². The fraction of sp³-hybridized carbons (Fsp3) is 0.733. The van der Waals surface area contributed by atoms with Crippen molar-refractivity contribution in [1.82, 2.24) is 15.2 Å². The first kappa shape index (κ1) is 19.7. The Balaban J connectivity index is 0.00000121. The molecule has 3 rings (SSSR count). The van der Waals surface area contributed by atoms with Crippen molar-refractivity contribution in [3.63, 3.8) is 0 Å². The first-order valence-electron chi connectivity index (χ1n) is 7.60. The van der Waals surface area contributed by atoms with Gasteiger partial charge in [0.25, 0.3) is 0 Å². The molecular weight excluding hydrogens is 341 g/mol. The molecule has 1 aliphatic heterocycles. The maximum Gasteiger partial charge on any atom is 0.227 e. The molecule has 126 valence electrons. The molecule has 0 radical (unpaired) electrons. The SMILES string of the molecule is Cc1nc2c(s1)C(N(C)C(=O)C1CCCNC1)CCC2.Cl.Cl. The number of nitrogens with one attached hydrogen (secondary N) is 1. The van der Waals surface area contributed by atoms with E-state index in [9.17, 15) is 4.79 Å². The third kappa shape index (κ3) is 3.94. The molecule has 0 aromatic carbocycles. The average molecular weight is 366 g/mol. The first-order valence-corrected chi connectivity index (χ1v) is 8.42. The molecule has 7 heteroatoms. The van der Waals surface area contributed by atoms with E-state index in [-0.39, 0.29) is 36.8 Å². The Morgan fingerprint density at radius 3 is 2.77 bits per heavy atom. The van der Waals surface area contributed by atoms with Crippen LogP contribution >= 0.6 is 36.2 Å². The molecule has 2 unspecified atom stereocenters. The van der Waals surface area contributed by atoms with Crippen LogP contribution < -0.4 is 5.32 Å². The number of amides is 1. The van der Waals surface area contributed by atoms with Crippen molar-refractivity contribution in [3.05, 3.63) is 15.6 Å². The van der Waals surface area contributed by atoms with Gasteiger partial charge in [-0.2, -0.15) is 0 Å². The van der Waals surface area contributed by atoms with Crippen LogP contribution in [-0.2, 0) is 11.2 Å². The Hall–Kier alpha value is -0.360. The van der Waals surface area contributed by atoms with Crippen molar-refractivity contribution >= 4 is 42.1 Å². The van der Waals surface area contributed by atoms with Crippen LogP contribution in [0.4, 0.5) is 0 Å². The van der Waals surface area contributed by atoms with Crippen LogP contribution in [0.1, 0.15) is 47.3 Å². The number of hydrogen-bond acceptors (Lipinski definition) is 4. The second kappa shape index (κ2) is 8.48. The number of halogens is 2. The maximum absolute atomic E-state index is 12.7. The Bertz CT molecular complexity index is 503. The van der Waals surface area contributed by atoms with E-state index in [1.54, 1.807) is 11.3 Å². The van der Waals surface area contributed by atoms with Gasteiger partial charge in [0.05, 0.1) is 27.5 Å². The average Bonchev–Trinajstić information content (AvgIpc) is 2.86. The molecule has 1 aromatic heterocycles. The van der Waals surface area contributed by atoms with Crippen molar-refractivity contribution in [2.75, 3.05) is 20.1 Å². The summed E-state index contributed by atoms with van der Waals surface area (Å²) in [6.07, 6.45) is 5.43. The number of hydrogen-bond donors (Lipinski definition) is 1. The third-order valence-electron chi connectivity index (χ3n) is 4.49. The molecule has 0 spiro atoms. The summed E-state index contributed by atoms with van der Waals surface area (Å²) in [5.41, 5.74) is 1.23. The Kier molecular flexibility index (Phi) is 7.59. The molecule has 0 saturated carbocycles. The minimum absolute atomic E-state index is 0. The van der Waals surface area contributed by atoms with Gasteiger partial charge in [-0.15, -0.1) is 36.2 Å². The second-order valence-electron chi connectivity index (χ2n) is 5.94. The van der Waals surface area contributed by atoms with Gasteiger partial charge in [-0.05, 0) is 45.6 Å². The summed E-state index contributed by atoms with van der Waals surface area (Å²) in [6, 6.07) is 0.249. The van der Waals surface area contributed by atoms with E-state index in [4.69, 9.17) is 0 Å². The second-order valence-corrected chi connectivity index (χ2v) is 7.18. The molecule has 1 aromatic rings. The molecule has 22 heavy (non-hydrogen) atoms. The van der Waals surface area contributed by atoms with Gasteiger partial charge in [0.1, 0.15) is 0 Å². The van der Waals surface area contributed by atoms with Crippen molar-refractivity contribution in [1.29, 1.82) is 0 Å². The minimum atomic E-state index is 0. The lowest BCUT2D eigenvalue weighted by Gasteiger charge is -2.34. The number of carbonyl (C=O) groups excluding carboxylic acids is 1. The van der Waals surface area contributed by atoms with Gasteiger partial charge in [0, 0.05) is 13.6 Å². The molecule has 1 aliphatic carbocycles. The topological polar surface area (TPSA) is 45.2 Å². The summed E-state index contributed by atoms with van der Waals surface area (Å²) in [5, 5.41) is 4.47. The van der Waals surface area contributed by atoms with Crippen LogP contribution in [0, 0.1) is 12.8 Å². The first-order chi connectivity index (χ1) is 9.66. The summed E-state index contributed by atoms with van der Waals surface area (Å²) in [6.45, 7) is 3.95. The molecule has 1 saturated heterocycles. The molecule has 0 bridgehead atoms. The smallest absolute Gasteiger partial charge is 0.227 e. The number of rotatable bonds is 2. The lowest BCUT2D eigenvalue weighted by Crippen LogP contribution is -2.43. The number of nitrogens with zero attached hydrogens (tertiary/aromatic N) is 2. The monoisotopic (exact) mass is 365 g/mol. The Morgan fingerprint density at radius 2 is 2.09 bits per heavy atom. The molecule has 1 amide bonds. The largest absolute Gasteiger partial charge is 0.338 e. The molecule has 2 aliphatic rings. The number of fused-ring (bicyclic) bond motifs is 1. The predicted octanol–water partition coefficient (Wildman–Crippen LogP) is 3.13. The summed E-state index contributed by atoms with van der Waals surface area (Å²) >= 11 is 1.77. The van der Waals surface area contributed by atoms with E-state index >= 15 is 0 Å². The summed E-state index contributed by atoms with van der Waals surface area (Å²) in [4.78, 5) is 20.6. The molecule has 1 fully saturated rings. The van der Waals surface area contributed by atoms with E-state index < -0.39 is 0 Å². The highest BCUT2D eigenvalue weighted by Crippen LogP contribution is 2.38. The molecular formula is C15H25Cl2N3OS. The zero-order valence-corrected chi connectivity index (χ0v) is 15.6. The number of piperidine rings is 1. The van der Waals surface area contributed by atoms with Gasteiger partial charge in [-0.25, -0.2) is 4.98 Å². The number of thiazole rings is 1. The van der Waals surface area contributed by atoms with Crippen molar-refractivity contribution in [2.24, 2.45) is 5.92 Å². The van der Waals surface area contributed by atoms with Crippen LogP contribution in [0.3, 0.4) is 0 Å². The highest BCUT2D eigenvalue weighted by Gasteiger charge is 2.32. The number of aromatic nitrogens is 1. The standard InChI is InChI=1S/C15H23N3OS.2ClH/c1-10-17-12-6-3-7-13(14(12)20-10)18(2)15(19)11-5-4-8-16-9-11;;/h11,13,16H,3-9H2,1-2H3;2*1H. The quantitative estimate of drug-likeness (QED) is 0.875. The number of aryl methyl sites for hydroxylation is 2. The molecule has 1 N–H and O–H groups in total. The molecule has 2 atom stereocenters. The van der Waals surface area contributed by atoms with Crippen LogP contribution in [0.5, 0.6) is 0 Å². The fourth-order valence-corrected chi connectivity index (χ4v) is 4.54.